The van der Waals surface area contributed by atoms with Crippen molar-refractivity contribution in [1.82, 2.24) is 30.0 Å². The van der Waals surface area contributed by atoms with Crippen molar-refractivity contribution in [2.24, 2.45) is 0 Å². The highest BCUT2D eigenvalue weighted by Gasteiger charge is 2.24. The highest BCUT2D eigenvalue weighted by atomic mass is 15.3. The van der Waals surface area contributed by atoms with E-state index in [4.69, 9.17) is 9.97 Å². The van der Waals surface area contributed by atoms with Crippen LogP contribution in [0.4, 0.5) is 5.82 Å². The Bertz CT molecular complexity index is 964. The fourth-order valence-corrected chi connectivity index (χ4v) is 4.01. The van der Waals surface area contributed by atoms with E-state index in [-0.39, 0.29) is 0 Å². The molecule has 5 heterocycles. The molecule has 0 saturated carbocycles. The second kappa shape index (κ2) is 6.74. The summed E-state index contributed by atoms with van der Waals surface area (Å²) < 4.78 is 2.15. The van der Waals surface area contributed by atoms with Crippen LogP contribution in [-0.4, -0.2) is 37.8 Å². The number of fused-ring (bicyclic) bond motifs is 2. The SMILES string of the molecule is Cc1cc2n(n1)CCCN(c1nc(-c3cccnc3)nc3c1CCNC3)C2. The van der Waals surface area contributed by atoms with Crippen LogP contribution in [0.25, 0.3) is 11.4 Å². The first kappa shape index (κ1) is 16.4. The summed E-state index contributed by atoms with van der Waals surface area (Å²) in [5.41, 5.74) is 5.69. The summed E-state index contributed by atoms with van der Waals surface area (Å²) >= 11 is 0. The number of hydrogen-bond donors (Lipinski definition) is 1. The molecule has 1 N–H and O–H groups in total. The largest absolute Gasteiger partial charge is 0.350 e. The van der Waals surface area contributed by atoms with Crippen molar-refractivity contribution in [3.05, 3.63) is 53.2 Å². The van der Waals surface area contributed by atoms with Gasteiger partial charge in [-0.05, 0) is 44.5 Å². The van der Waals surface area contributed by atoms with Gasteiger partial charge in [-0.15, -0.1) is 0 Å². The van der Waals surface area contributed by atoms with Gasteiger partial charge >= 0.3 is 0 Å². The average molecular weight is 361 g/mol. The molecule has 7 heteroatoms. The molecule has 0 bridgehead atoms. The van der Waals surface area contributed by atoms with Gasteiger partial charge in [-0.25, -0.2) is 9.97 Å². The van der Waals surface area contributed by atoms with Gasteiger partial charge in [0.25, 0.3) is 0 Å². The predicted octanol–water partition coefficient (Wildman–Crippen LogP) is 2.10. The Kier molecular flexibility index (Phi) is 4.09. The van der Waals surface area contributed by atoms with E-state index < -0.39 is 0 Å². The summed E-state index contributed by atoms with van der Waals surface area (Å²) in [6, 6.07) is 6.15. The van der Waals surface area contributed by atoms with Crippen molar-refractivity contribution in [3.63, 3.8) is 0 Å². The zero-order valence-electron chi connectivity index (χ0n) is 15.5. The third-order valence-corrected chi connectivity index (χ3v) is 5.27. The lowest BCUT2D eigenvalue weighted by molar-refractivity contribution is 0.586. The molecule has 0 saturated heterocycles. The van der Waals surface area contributed by atoms with Gasteiger partial charge in [-0.3, -0.25) is 9.67 Å². The minimum absolute atomic E-state index is 0.759. The molecule has 0 aliphatic carbocycles. The standard InChI is InChI=1S/C20H23N7/c1-14-10-16-13-26(8-3-9-27(16)25-14)20-17-5-7-22-12-18(17)23-19(24-20)15-4-2-6-21-11-15/h2,4,6,10-11,22H,3,5,7-9,12-13H2,1H3. The quantitative estimate of drug-likeness (QED) is 0.754. The molecule has 0 spiro atoms. The molecule has 0 unspecified atom stereocenters. The fourth-order valence-electron chi connectivity index (χ4n) is 4.01. The lowest BCUT2D eigenvalue weighted by Crippen LogP contribution is -2.31. The van der Waals surface area contributed by atoms with E-state index in [9.17, 15) is 0 Å². The second-order valence-corrected chi connectivity index (χ2v) is 7.24. The summed E-state index contributed by atoms with van der Waals surface area (Å²) in [7, 11) is 0. The van der Waals surface area contributed by atoms with Crippen LogP contribution in [0.15, 0.2) is 30.6 Å². The van der Waals surface area contributed by atoms with Crippen molar-refractivity contribution in [3.8, 4) is 11.4 Å². The maximum Gasteiger partial charge on any atom is 0.163 e. The summed E-state index contributed by atoms with van der Waals surface area (Å²) in [6.45, 7) is 6.61. The van der Waals surface area contributed by atoms with Crippen molar-refractivity contribution in [1.29, 1.82) is 0 Å². The highest BCUT2D eigenvalue weighted by Crippen LogP contribution is 2.29. The van der Waals surface area contributed by atoms with Crippen LogP contribution in [0.1, 0.15) is 29.1 Å². The molecule has 0 radical (unpaired) electrons. The van der Waals surface area contributed by atoms with Gasteiger partial charge < -0.3 is 10.2 Å². The minimum atomic E-state index is 0.759. The van der Waals surface area contributed by atoms with E-state index in [0.29, 0.717) is 0 Å². The van der Waals surface area contributed by atoms with Crippen LogP contribution in [0, 0.1) is 6.92 Å². The van der Waals surface area contributed by atoms with Crippen LogP contribution < -0.4 is 10.2 Å². The second-order valence-electron chi connectivity index (χ2n) is 7.24. The van der Waals surface area contributed by atoms with Gasteiger partial charge in [0.1, 0.15) is 5.82 Å². The van der Waals surface area contributed by atoms with Crippen LogP contribution >= 0.6 is 0 Å². The Labute approximate surface area is 158 Å². The minimum Gasteiger partial charge on any atom is -0.350 e. The number of aryl methyl sites for hydroxylation is 2. The molecule has 7 nitrogen and oxygen atoms in total. The van der Waals surface area contributed by atoms with Gasteiger partial charge in [-0.1, -0.05) is 0 Å². The Morgan fingerprint density at radius 3 is 3.04 bits per heavy atom. The van der Waals surface area contributed by atoms with Crippen LogP contribution in [0.2, 0.25) is 0 Å². The molecule has 138 valence electrons. The summed E-state index contributed by atoms with van der Waals surface area (Å²) in [4.78, 5) is 16.5. The first-order valence-electron chi connectivity index (χ1n) is 9.57. The molecule has 2 aliphatic heterocycles. The monoisotopic (exact) mass is 361 g/mol. The third-order valence-electron chi connectivity index (χ3n) is 5.27. The molecular weight excluding hydrogens is 338 g/mol. The number of hydrogen-bond acceptors (Lipinski definition) is 6. The Morgan fingerprint density at radius 1 is 1.19 bits per heavy atom. The molecule has 3 aromatic heterocycles. The molecular formula is C20H23N7. The lowest BCUT2D eigenvalue weighted by Gasteiger charge is -2.28. The van der Waals surface area contributed by atoms with Crippen LogP contribution in [0.5, 0.6) is 0 Å². The molecule has 5 rings (SSSR count). The normalized spacial score (nSPS) is 16.6. The zero-order valence-corrected chi connectivity index (χ0v) is 15.5. The molecule has 0 atom stereocenters. The topological polar surface area (TPSA) is 71.8 Å². The molecule has 0 aromatic carbocycles. The number of nitrogens with zero attached hydrogens (tertiary/aromatic N) is 6. The maximum atomic E-state index is 5.02. The van der Waals surface area contributed by atoms with Crippen molar-refractivity contribution in [2.45, 2.75) is 39.4 Å². The summed E-state index contributed by atoms with van der Waals surface area (Å²) in [6.07, 6.45) is 5.64. The van der Waals surface area contributed by atoms with Gasteiger partial charge in [0.2, 0.25) is 0 Å². The van der Waals surface area contributed by atoms with E-state index >= 15 is 0 Å². The van der Waals surface area contributed by atoms with E-state index in [2.05, 4.69) is 38.0 Å². The number of pyridine rings is 1. The Morgan fingerprint density at radius 2 is 2.15 bits per heavy atom. The number of anilines is 1. The van der Waals surface area contributed by atoms with Crippen LogP contribution in [0.3, 0.4) is 0 Å². The summed E-state index contributed by atoms with van der Waals surface area (Å²) in [5, 5.41) is 8.07. The van der Waals surface area contributed by atoms with E-state index in [1.165, 1.54) is 11.3 Å². The van der Waals surface area contributed by atoms with Gasteiger partial charge in [0.05, 0.1) is 23.6 Å². The highest BCUT2D eigenvalue weighted by molar-refractivity contribution is 5.60. The van der Waals surface area contributed by atoms with Gasteiger partial charge in [-0.2, -0.15) is 5.10 Å². The third kappa shape index (κ3) is 3.08. The fraction of sp³-hybridized carbons (Fsp3) is 0.400. The van der Waals surface area contributed by atoms with Crippen LogP contribution in [-0.2, 0) is 26.1 Å². The van der Waals surface area contributed by atoms with E-state index in [1.54, 1.807) is 6.20 Å². The first-order chi connectivity index (χ1) is 13.3. The number of nitrogens with one attached hydrogen (secondary N) is 1. The van der Waals surface area contributed by atoms with Crippen molar-refractivity contribution in [2.75, 3.05) is 18.0 Å². The smallest absolute Gasteiger partial charge is 0.163 e. The van der Waals surface area contributed by atoms with Gasteiger partial charge in [0.15, 0.2) is 5.82 Å². The average Bonchev–Trinajstić information content (AvgIpc) is 2.94. The molecule has 0 amide bonds. The summed E-state index contributed by atoms with van der Waals surface area (Å²) in [5.74, 6) is 1.84. The lowest BCUT2D eigenvalue weighted by atomic mass is 10.1. The predicted molar refractivity (Wildman–Crippen MR) is 103 cm³/mol. The van der Waals surface area contributed by atoms with Gasteiger partial charge in [0, 0.05) is 43.2 Å². The molecule has 3 aromatic rings. The van der Waals surface area contributed by atoms with E-state index in [1.807, 2.05) is 18.3 Å². The maximum absolute atomic E-state index is 5.02. The zero-order chi connectivity index (χ0) is 18.2. The van der Waals surface area contributed by atoms with Crippen molar-refractivity contribution < 1.29 is 0 Å². The number of rotatable bonds is 2. The molecule has 27 heavy (non-hydrogen) atoms. The number of aromatic nitrogens is 5. The van der Waals surface area contributed by atoms with E-state index in [0.717, 1.165) is 74.2 Å². The van der Waals surface area contributed by atoms with Crippen molar-refractivity contribution >= 4 is 5.82 Å². The Balaban J connectivity index is 1.60. The molecule has 0 fully saturated rings. The Hall–Kier alpha value is -2.80. The first-order valence-corrected chi connectivity index (χ1v) is 9.57. The molecule has 2 aliphatic rings.